The van der Waals surface area contributed by atoms with Gasteiger partial charge in [-0.25, -0.2) is 9.97 Å². The highest BCUT2D eigenvalue weighted by Crippen LogP contribution is 2.14. The monoisotopic (exact) mass is 328 g/mol. The number of hydrogen-bond acceptors (Lipinski definition) is 5. The van der Waals surface area contributed by atoms with Gasteiger partial charge in [0.05, 0.1) is 18.4 Å². The fraction of sp³-hybridized carbons (Fsp3) is 0.0625. The summed E-state index contributed by atoms with van der Waals surface area (Å²) in [6.07, 6.45) is 4.52. The van der Waals surface area contributed by atoms with Crippen LogP contribution in [-0.4, -0.2) is 15.9 Å². The molecule has 2 aromatic heterocycles. The zero-order valence-corrected chi connectivity index (χ0v) is 12.7. The molecule has 0 radical (unpaired) electrons. The third-order valence-electron chi connectivity index (χ3n) is 3.02. The molecule has 1 amide bonds. The molecule has 0 atom stereocenters. The fourth-order valence-electron chi connectivity index (χ4n) is 1.85. The summed E-state index contributed by atoms with van der Waals surface area (Å²) in [5.74, 6) is 0.910. The van der Waals surface area contributed by atoms with E-state index in [0.717, 1.165) is 5.76 Å². The summed E-state index contributed by atoms with van der Waals surface area (Å²) in [4.78, 5) is 20.3. The Bertz CT molecular complexity index is 771. The van der Waals surface area contributed by atoms with Gasteiger partial charge < -0.3 is 15.1 Å². The normalized spacial score (nSPS) is 10.3. The van der Waals surface area contributed by atoms with Crippen molar-refractivity contribution >= 4 is 29.1 Å². The minimum atomic E-state index is -0.287. The molecule has 0 saturated heterocycles. The van der Waals surface area contributed by atoms with E-state index in [-0.39, 0.29) is 5.91 Å². The minimum Gasteiger partial charge on any atom is -0.467 e. The van der Waals surface area contributed by atoms with Gasteiger partial charge in [-0.2, -0.15) is 0 Å². The lowest BCUT2D eigenvalue weighted by atomic mass is 10.3. The highest BCUT2D eigenvalue weighted by Gasteiger charge is 2.08. The van der Waals surface area contributed by atoms with E-state index in [4.69, 9.17) is 16.0 Å². The second-order valence-electron chi connectivity index (χ2n) is 4.69. The zero-order valence-electron chi connectivity index (χ0n) is 12.0. The summed E-state index contributed by atoms with van der Waals surface area (Å²) in [6.45, 7) is 0.476. The smallest absolute Gasteiger partial charge is 0.258 e. The van der Waals surface area contributed by atoms with Crippen LogP contribution in [-0.2, 0) is 6.54 Å². The van der Waals surface area contributed by atoms with Crippen LogP contribution in [0.25, 0.3) is 0 Å². The number of halogens is 1. The Labute approximate surface area is 137 Å². The Morgan fingerprint density at radius 3 is 2.52 bits per heavy atom. The van der Waals surface area contributed by atoms with Crippen LogP contribution in [0.15, 0.2) is 59.5 Å². The first-order valence-electron chi connectivity index (χ1n) is 6.86. The second-order valence-corrected chi connectivity index (χ2v) is 5.13. The number of amides is 1. The summed E-state index contributed by atoms with van der Waals surface area (Å²) in [6, 6.07) is 10.5. The predicted molar refractivity (Wildman–Crippen MR) is 87.5 cm³/mol. The first-order valence-corrected chi connectivity index (χ1v) is 7.24. The Hall–Kier alpha value is -2.86. The van der Waals surface area contributed by atoms with Crippen molar-refractivity contribution in [3.8, 4) is 0 Å². The van der Waals surface area contributed by atoms with Gasteiger partial charge in [-0.1, -0.05) is 11.6 Å². The quantitative estimate of drug-likeness (QED) is 0.748. The molecule has 116 valence electrons. The third-order valence-corrected chi connectivity index (χ3v) is 3.27. The van der Waals surface area contributed by atoms with Crippen molar-refractivity contribution in [3.63, 3.8) is 0 Å². The summed E-state index contributed by atoms with van der Waals surface area (Å²) >= 11 is 5.80. The van der Waals surface area contributed by atoms with E-state index in [0.29, 0.717) is 28.8 Å². The van der Waals surface area contributed by atoms with E-state index < -0.39 is 0 Å². The summed E-state index contributed by atoms with van der Waals surface area (Å²) in [5.41, 5.74) is 1.02. The molecule has 0 unspecified atom stereocenters. The van der Waals surface area contributed by atoms with E-state index in [1.165, 1.54) is 12.4 Å². The molecule has 23 heavy (non-hydrogen) atoms. The molecule has 0 aliphatic carbocycles. The number of benzene rings is 1. The van der Waals surface area contributed by atoms with Gasteiger partial charge in [-0.3, -0.25) is 4.79 Å². The topological polar surface area (TPSA) is 80.0 Å². The highest BCUT2D eigenvalue weighted by atomic mass is 35.5. The Kier molecular flexibility index (Phi) is 4.54. The average molecular weight is 329 g/mol. The van der Waals surface area contributed by atoms with Gasteiger partial charge in [-0.15, -0.1) is 0 Å². The molecule has 3 rings (SSSR count). The van der Waals surface area contributed by atoms with Crippen LogP contribution in [0, 0.1) is 0 Å². The third kappa shape index (κ3) is 4.08. The van der Waals surface area contributed by atoms with Gasteiger partial charge in [0.1, 0.15) is 5.76 Å². The number of anilines is 2. The van der Waals surface area contributed by atoms with Crippen molar-refractivity contribution in [2.24, 2.45) is 0 Å². The number of rotatable bonds is 5. The van der Waals surface area contributed by atoms with Crippen LogP contribution >= 0.6 is 11.6 Å². The molecular formula is C16H13ClN4O2. The minimum absolute atomic E-state index is 0.287. The zero-order chi connectivity index (χ0) is 16.1. The lowest BCUT2D eigenvalue weighted by molar-refractivity contribution is 0.102. The summed E-state index contributed by atoms with van der Waals surface area (Å²) in [5, 5.41) is 6.36. The highest BCUT2D eigenvalue weighted by molar-refractivity contribution is 6.30. The Morgan fingerprint density at radius 2 is 1.87 bits per heavy atom. The molecule has 1 aromatic carbocycles. The van der Waals surface area contributed by atoms with Crippen LogP contribution in [0.3, 0.4) is 0 Å². The van der Waals surface area contributed by atoms with Crippen LogP contribution < -0.4 is 10.6 Å². The van der Waals surface area contributed by atoms with Crippen LogP contribution in [0.2, 0.25) is 5.02 Å². The maximum absolute atomic E-state index is 12.1. The molecule has 0 bridgehead atoms. The summed E-state index contributed by atoms with van der Waals surface area (Å²) < 4.78 is 5.20. The Morgan fingerprint density at radius 1 is 1.13 bits per heavy atom. The molecule has 7 heteroatoms. The van der Waals surface area contributed by atoms with E-state index in [2.05, 4.69) is 20.6 Å². The molecule has 6 nitrogen and oxygen atoms in total. The maximum atomic E-state index is 12.1. The van der Waals surface area contributed by atoms with Crippen LogP contribution in [0.5, 0.6) is 0 Å². The number of aromatic nitrogens is 2. The number of hydrogen-bond donors (Lipinski definition) is 2. The van der Waals surface area contributed by atoms with Crippen molar-refractivity contribution < 1.29 is 9.21 Å². The predicted octanol–water partition coefficient (Wildman–Crippen LogP) is 3.59. The van der Waals surface area contributed by atoms with Crippen molar-refractivity contribution in [2.45, 2.75) is 6.54 Å². The van der Waals surface area contributed by atoms with E-state index in [1.807, 2.05) is 12.1 Å². The number of nitrogens with zero attached hydrogens (tertiary/aromatic N) is 2. The second kappa shape index (κ2) is 6.93. The molecule has 2 N–H and O–H groups in total. The van der Waals surface area contributed by atoms with Crippen molar-refractivity contribution in [1.29, 1.82) is 0 Å². The first-order chi connectivity index (χ1) is 11.2. The first kappa shape index (κ1) is 15.1. The number of furan rings is 1. The molecule has 0 saturated carbocycles. The number of nitrogens with one attached hydrogen (secondary N) is 2. The standard InChI is InChI=1S/C16H13ClN4O2/c17-12-3-5-13(6-4-12)21-15(22)11-8-18-16(19-9-11)20-10-14-2-1-7-23-14/h1-9H,10H2,(H,21,22)(H,18,19,20). The van der Waals surface area contributed by atoms with Gasteiger partial charge in [0.2, 0.25) is 5.95 Å². The molecule has 2 heterocycles. The molecule has 0 aliphatic rings. The van der Waals surface area contributed by atoms with Crippen molar-refractivity contribution in [1.82, 2.24) is 9.97 Å². The average Bonchev–Trinajstić information content (AvgIpc) is 3.09. The molecule has 0 aliphatic heterocycles. The lowest BCUT2D eigenvalue weighted by Gasteiger charge is -2.06. The van der Waals surface area contributed by atoms with E-state index in [9.17, 15) is 4.79 Å². The number of carbonyl (C=O) groups is 1. The number of carbonyl (C=O) groups excluding carboxylic acids is 1. The Balaban J connectivity index is 1.59. The largest absolute Gasteiger partial charge is 0.467 e. The van der Waals surface area contributed by atoms with Crippen molar-refractivity contribution in [2.75, 3.05) is 10.6 Å². The lowest BCUT2D eigenvalue weighted by Crippen LogP contribution is -2.13. The molecule has 0 spiro atoms. The molecule has 3 aromatic rings. The maximum Gasteiger partial charge on any atom is 0.258 e. The van der Waals surface area contributed by atoms with Crippen molar-refractivity contribution in [3.05, 3.63) is 71.4 Å². The molecular weight excluding hydrogens is 316 g/mol. The SMILES string of the molecule is O=C(Nc1ccc(Cl)cc1)c1cnc(NCc2ccco2)nc1. The van der Waals surface area contributed by atoms with Gasteiger partial charge in [0.25, 0.3) is 5.91 Å². The molecule has 0 fully saturated rings. The van der Waals surface area contributed by atoms with E-state index >= 15 is 0 Å². The fourth-order valence-corrected chi connectivity index (χ4v) is 1.98. The van der Waals surface area contributed by atoms with Gasteiger partial charge in [-0.05, 0) is 36.4 Å². The summed E-state index contributed by atoms with van der Waals surface area (Å²) in [7, 11) is 0. The van der Waals surface area contributed by atoms with Crippen LogP contribution in [0.1, 0.15) is 16.1 Å². The van der Waals surface area contributed by atoms with Gasteiger partial charge >= 0.3 is 0 Å². The van der Waals surface area contributed by atoms with Gasteiger partial charge in [0.15, 0.2) is 0 Å². The van der Waals surface area contributed by atoms with E-state index in [1.54, 1.807) is 30.5 Å². The van der Waals surface area contributed by atoms with Crippen LogP contribution in [0.4, 0.5) is 11.6 Å². The van der Waals surface area contributed by atoms with Gasteiger partial charge in [0, 0.05) is 23.1 Å².